The monoisotopic (exact) mass is 376 g/mol. The first-order chi connectivity index (χ1) is 10.7. The molecule has 2 rings (SSSR count). The molecule has 136 valence electrons. The molecule has 6 nitrogen and oxygen atoms in total. The molecule has 1 aliphatic heterocycles. The second kappa shape index (κ2) is 12.1. The van der Waals surface area contributed by atoms with Crippen molar-refractivity contribution in [2.24, 2.45) is 0 Å². The summed E-state index contributed by atoms with van der Waals surface area (Å²) < 4.78 is 0. The standard InChI is InChI=1S/C16H24N4O2.2ClH/c1-20(11-8-13-6-2-4-9-17-13)15(21)12-19-16(22)14-7-3-5-10-18-14;;/h2,4,6,9,14,18H,3,5,7-8,10-12H2,1H3,(H,19,22);2*1H/t14-;;/m1../s1. The number of carbonyl (C=O) groups is 2. The highest BCUT2D eigenvalue weighted by atomic mass is 35.5. The Kier molecular flexibility index (Phi) is 11.4. The zero-order chi connectivity index (χ0) is 15.8. The fourth-order valence-corrected chi connectivity index (χ4v) is 2.45. The molecule has 0 saturated carbocycles. The van der Waals surface area contributed by atoms with E-state index in [4.69, 9.17) is 0 Å². The number of halogens is 2. The molecule has 0 aromatic carbocycles. The average molecular weight is 377 g/mol. The Morgan fingerprint density at radius 1 is 1.33 bits per heavy atom. The molecular weight excluding hydrogens is 351 g/mol. The van der Waals surface area contributed by atoms with E-state index < -0.39 is 0 Å². The summed E-state index contributed by atoms with van der Waals surface area (Å²) in [5.74, 6) is -0.161. The SMILES string of the molecule is CN(CCc1ccccn1)C(=O)CNC(=O)[C@H]1CCCCN1.Cl.Cl. The van der Waals surface area contributed by atoms with Gasteiger partial charge in [-0.25, -0.2) is 0 Å². The minimum Gasteiger partial charge on any atom is -0.346 e. The van der Waals surface area contributed by atoms with Gasteiger partial charge in [-0.05, 0) is 31.5 Å². The lowest BCUT2D eigenvalue weighted by Gasteiger charge is -2.23. The van der Waals surface area contributed by atoms with Crippen LogP contribution in [-0.2, 0) is 16.0 Å². The summed E-state index contributed by atoms with van der Waals surface area (Å²) in [4.78, 5) is 29.8. The van der Waals surface area contributed by atoms with Gasteiger partial charge in [0.15, 0.2) is 0 Å². The first kappa shape index (κ1) is 22.6. The summed E-state index contributed by atoms with van der Waals surface area (Å²) in [5, 5.41) is 5.90. The lowest BCUT2D eigenvalue weighted by atomic mass is 10.0. The molecule has 1 atom stereocenters. The van der Waals surface area contributed by atoms with Crippen molar-refractivity contribution in [3.63, 3.8) is 0 Å². The first-order valence-electron chi connectivity index (χ1n) is 7.82. The minimum atomic E-state index is -0.152. The van der Waals surface area contributed by atoms with E-state index in [0.29, 0.717) is 13.0 Å². The van der Waals surface area contributed by atoms with Gasteiger partial charge in [-0.3, -0.25) is 14.6 Å². The lowest BCUT2D eigenvalue weighted by Crippen LogP contribution is -2.49. The summed E-state index contributed by atoms with van der Waals surface area (Å²) >= 11 is 0. The summed E-state index contributed by atoms with van der Waals surface area (Å²) in [6.45, 7) is 1.51. The first-order valence-corrected chi connectivity index (χ1v) is 7.82. The maximum Gasteiger partial charge on any atom is 0.241 e. The van der Waals surface area contributed by atoms with Gasteiger partial charge in [0, 0.05) is 31.9 Å². The Labute approximate surface area is 155 Å². The second-order valence-corrected chi connectivity index (χ2v) is 5.61. The third-order valence-corrected chi connectivity index (χ3v) is 3.90. The largest absolute Gasteiger partial charge is 0.346 e. The number of aromatic nitrogens is 1. The molecule has 1 fully saturated rings. The highest BCUT2D eigenvalue weighted by Gasteiger charge is 2.21. The van der Waals surface area contributed by atoms with Gasteiger partial charge in [0.2, 0.25) is 11.8 Å². The van der Waals surface area contributed by atoms with Gasteiger partial charge in [0.05, 0.1) is 12.6 Å². The summed E-state index contributed by atoms with van der Waals surface area (Å²) in [6.07, 6.45) is 5.47. The molecule has 0 unspecified atom stereocenters. The van der Waals surface area contributed by atoms with E-state index in [-0.39, 0.29) is 49.2 Å². The van der Waals surface area contributed by atoms with Gasteiger partial charge >= 0.3 is 0 Å². The molecule has 1 aromatic heterocycles. The number of hydrogen-bond donors (Lipinski definition) is 2. The van der Waals surface area contributed by atoms with Crippen LogP contribution in [0.5, 0.6) is 0 Å². The van der Waals surface area contributed by atoms with E-state index in [0.717, 1.165) is 31.5 Å². The van der Waals surface area contributed by atoms with Crippen molar-refractivity contribution < 1.29 is 9.59 Å². The molecule has 0 radical (unpaired) electrons. The van der Waals surface area contributed by atoms with Gasteiger partial charge in [-0.2, -0.15) is 0 Å². The zero-order valence-corrected chi connectivity index (χ0v) is 15.5. The molecule has 2 N–H and O–H groups in total. The number of likely N-dealkylation sites (N-methyl/N-ethyl adjacent to an activating group) is 1. The predicted octanol–water partition coefficient (Wildman–Crippen LogP) is 1.18. The Balaban J connectivity index is 0.00000264. The number of piperidine rings is 1. The molecule has 0 aliphatic carbocycles. The molecule has 2 heterocycles. The van der Waals surface area contributed by atoms with E-state index in [1.807, 2.05) is 18.2 Å². The van der Waals surface area contributed by atoms with Crippen LogP contribution < -0.4 is 10.6 Å². The van der Waals surface area contributed by atoms with E-state index in [9.17, 15) is 9.59 Å². The third kappa shape index (κ3) is 7.47. The maximum atomic E-state index is 12.0. The molecule has 2 amide bonds. The van der Waals surface area contributed by atoms with E-state index >= 15 is 0 Å². The van der Waals surface area contributed by atoms with Crippen LogP contribution in [-0.4, -0.2) is 54.4 Å². The van der Waals surface area contributed by atoms with Crippen LogP contribution in [0, 0.1) is 0 Å². The van der Waals surface area contributed by atoms with E-state index in [1.54, 1.807) is 18.1 Å². The van der Waals surface area contributed by atoms with Gasteiger partial charge < -0.3 is 15.5 Å². The van der Waals surface area contributed by atoms with Crippen molar-refractivity contribution >= 4 is 36.6 Å². The highest BCUT2D eigenvalue weighted by molar-refractivity contribution is 5.87. The number of pyridine rings is 1. The highest BCUT2D eigenvalue weighted by Crippen LogP contribution is 2.06. The van der Waals surface area contributed by atoms with Gasteiger partial charge in [-0.15, -0.1) is 24.8 Å². The third-order valence-electron chi connectivity index (χ3n) is 3.90. The van der Waals surface area contributed by atoms with Crippen LogP contribution in [0.3, 0.4) is 0 Å². The van der Waals surface area contributed by atoms with Crippen LogP contribution >= 0.6 is 24.8 Å². The molecule has 1 saturated heterocycles. The van der Waals surface area contributed by atoms with Crippen molar-refractivity contribution in [2.75, 3.05) is 26.7 Å². The van der Waals surface area contributed by atoms with Gasteiger partial charge in [0.25, 0.3) is 0 Å². The van der Waals surface area contributed by atoms with Crippen molar-refractivity contribution in [1.82, 2.24) is 20.5 Å². The van der Waals surface area contributed by atoms with Crippen molar-refractivity contribution in [3.8, 4) is 0 Å². The summed E-state index contributed by atoms with van der Waals surface area (Å²) in [5.41, 5.74) is 0.956. The number of rotatable bonds is 6. The van der Waals surface area contributed by atoms with Crippen molar-refractivity contribution in [3.05, 3.63) is 30.1 Å². The Morgan fingerprint density at radius 2 is 2.12 bits per heavy atom. The second-order valence-electron chi connectivity index (χ2n) is 5.61. The van der Waals surface area contributed by atoms with Gasteiger partial charge in [0.1, 0.15) is 0 Å². The summed E-state index contributed by atoms with van der Waals surface area (Å²) in [6, 6.07) is 5.59. The normalized spacial score (nSPS) is 16.3. The lowest BCUT2D eigenvalue weighted by molar-refractivity contribution is -0.132. The Hall–Kier alpha value is -1.37. The quantitative estimate of drug-likeness (QED) is 0.781. The predicted molar refractivity (Wildman–Crippen MR) is 98.7 cm³/mol. The van der Waals surface area contributed by atoms with Crippen LogP contribution in [0.4, 0.5) is 0 Å². The molecular formula is C16H26Cl2N4O2. The fraction of sp³-hybridized carbons (Fsp3) is 0.562. The van der Waals surface area contributed by atoms with E-state index in [1.165, 1.54) is 0 Å². The number of carbonyl (C=O) groups excluding carboxylic acids is 2. The number of amides is 2. The molecule has 1 aromatic rings. The van der Waals surface area contributed by atoms with Crippen LogP contribution in [0.2, 0.25) is 0 Å². The summed E-state index contributed by atoms with van der Waals surface area (Å²) in [7, 11) is 1.75. The molecule has 1 aliphatic rings. The Morgan fingerprint density at radius 3 is 2.75 bits per heavy atom. The number of nitrogens with one attached hydrogen (secondary N) is 2. The van der Waals surface area contributed by atoms with Crippen LogP contribution in [0.25, 0.3) is 0 Å². The molecule has 0 spiro atoms. The number of hydrogen-bond acceptors (Lipinski definition) is 4. The fourth-order valence-electron chi connectivity index (χ4n) is 2.45. The number of nitrogens with zero attached hydrogens (tertiary/aromatic N) is 2. The molecule has 8 heteroatoms. The topological polar surface area (TPSA) is 74.3 Å². The molecule has 24 heavy (non-hydrogen) atoms. The van der Waals surface area contributed by atoms with Gasteiger partial charge in [-0.1, -0.05) is 12.5 Å². The minimum absolute atomic E-state index is 0. The maximum absolute atomic E-state index is 12.0. The van der Waals surface area contributed by atoms with E-state index in [2.05, 4.69) is 15.6 Å². The smallest absolute Gasteiger partial charge is 0.241 e. The van der Waals surface area contributed by atoms with Crippen LogP contribution in [0.1, 0.15) is 25.0 Å². The molecule has 0 bridgehead atoms. The van der Waals surface area contributed by atoms with Crippen LogP contribution in [0.15, 0.2) is 24.4 Å². The van der Waals surface area contributed by atoms with Crippen molar-refractivity contribution in [1.29, 1.82) is 0 Å². The average Bonchev–Trinajstić information content (AvgIpc) is 2.58. The Bertz CT molecular complexity index is 496. The van der Waals surface area contributed by atoms with Crippen molar-refractivity contribution in [2.45, 2.75) is 31.7 Å². The zero-order valence-electron chi connectivity index (χ0n) is 13.9.